The Hall–Kier alpha value is -2.87. The molecule has 1 aromatic heterocycles. The Kier molecular flexibility index (Phi) is 4.94. The van der Waals surface area contributed by atoms with E-state index in [-0.39, 0.29) is 10.8 Å². The molecule has 0 saturated heterocycles. The molecule has 0 spiro atoms. The first-order chi connectivity index (χ1) is 12.4. The first-order valence-corrected chi connectivity index (χ1v) is 8.10. The van der Waals surface area contributed by atoms with Crippen molar-refractivity contribution >= 4 is 40.1 Å². The van der Waals surface area contributed by atoms with Gasteiger partial charge in [0.25, 0.3) is 0 Å². The third-order valence-electron chi connectivity index (χ3n) is 3.78. The van der Waals surface area contributed by atoms with Crippen molar-refractivity contribution in [1.82, 2.24) is 10.4 Å². The molecule has 0 saturated carbocycles. The molecule has 8 heteroatoms. The molecule has 3 N–H and O–H groups in total. The number of hydrogen-bond donors (Lipinski definition) is 3. The molecule has 0 aliphatic carbocycles. The standard InChI is InChI=1S/C18H15F3N4S/c1-11-13(12-6-2-4-8-15(12)23-11)10-22-25-17(26)24-16-9-5-3-7-14(16)18(19,20)21/h2-10,23H,1H3,(H2,24,25,26)/b22-10+. The van der Waals surface area contributed by atoms with Crippen LogP contribution in [0, 0.1) is 6.92 Å². The van der Waals surface area contributed by atoms with Crippen LogP contribution in [-0.2, 0) is 6.18 Å². The maximum Gasteiger partial charge on any atom is 0.418 e. The van der Waals surface area contributed by atoms with E-state index in [2.05, 4.69) is 20.8 Å². The summed E-state index contributed by atoms with van der Waals surface area (Å²) < 4.78 is 39.0. The number of rotatable bonds is 3. The van der Waals surface area contributed by atoms with E-state index in [1.807, 2.05) is 31.2 Å². The SMILES string of the molecule is Cc1[nH]c2ccccc2c1/C=N/NC(=S)Nc1ccccc1C(F)(F)F. The van der Waals surface area contributed by atoms with Crippen LogP contribution in [0.25, 0.3) is 10.9 Å². The van der Waals surface area contributed by atoms with E-state index in [1.165, 1.54) is 18.2 Å². The monoisotopic (exact) mass is 376 g/mol. The molecule has 0 bridgehead atoms. The van der Waals surface area contributed by atoms with Crippen molar-refractivity contribution in [2.45, 2.75) is 13.1 Å². The van der Waals surface area contributed by atoms with Crippen molar-refractivity contribution in [3.05, 3.63) is 65.4 Å². The lowest BCUT2D eigenvalue weighted by molar-refractivity contribution is -0.136. The van der Waals surface area contributed by atoms with Gasteiger partial charge in [0.2, 0.25) is 0 Å². The highest BCUT2D eigenvalue weighted by atomic mass is 32.1. The molecular weight excluding hydrogens is 361 g/mol. The Morgan fingerprint density at radius 2 is 1.81 bits per heavy atom. The second kappa shape index (κ2) is 7.17. The lowest BCUT2D eigenvalue weighted by atomic mass is 10.1. The van der Waals surface area contributed by atoms with Crippen LogP contribution in [0.2, 0.25) is 0 Å². The van der Waals surface area contributed by atoms with Crippen LogP contribution in [0.15, 0.2) is 53.6 Å². The molecule has 134 valence electrons. The van der Waals surface area contributed by atoms with Crippen molar-refractivity contribution in [3.8, 4) is 0 Å². The third-order valence-corrected chi connectivity index (χ3v) is 3.98. The van der Waals surface area contributed by atoms with Crippen LogP contribution in [0.5, 0.6) is 0 Å². The molecule has 4 nitrogen and oxygen atoms in total. The van der Waals surface area contributed by atoms with Crippen molar-refractivity contribution in [2.75, 3.05) is 5.32 Å². The number of halogens is 3. The number of fused-ring (bicyclic) bond motifs is 1. The van der Waals surface area contributed by atoms with Gasteiger partial charge < -0.3 is 10.3 Å². The summed E-state index contributed by atoms with van der Waals surface area (Å²) >= 11 is 5.03. The number of aromatic amines is 1. The zero-order chi connectivity index (χ0) is 18.7. The van der Waals surface area contributed by atoms with Gasteiger partial charge in [0.05, 0.1) is 17.5 Å². The lowest BCUT2D eigenvalue weighted by Crippen LogP contribution is -2.25. The van der Waals surface area contributed by atoms with E-state index < -0.39 is 11.7 Å². The maximum absolute atomic E-state index is 13.0. The fourth-order valence-corrected chi connectivity index (χ4v) is 2.77. The van der Waals surface area contributed by atoms with Crippen LogP contribution in [0.1, 0.15) is 16.8 Å². The normalized spacial score (nSPS) is 11.8. The Bertz CT molecular complexity index is 976. The van der Waals surface area contributed by atoms with E-state index in [0.29, 0.717) is 0 Å². The van der Waals surface area contributed by atoms with Gasteiger partial charge in [-0.25, -0.2) is 0 Å². The van der Waals surface area contributed by atoms with Crippen LogP contribution in [0.3, 0.4) is 0 Å². The summed E-state index contributed by atoms with van der Waals surface area (Å²) in [5.41, 5.74) is 4.42. The van der Waals surface area contributed by atoms with Gasteiger partial charge in [0.15, 0.2) is 5.11 Å². The van der Waals surface area contributed by atoms with Gasteiger partial charge in [-0.1, -0.05) is 30.3 Å². The Labute approximate surface area is 153 Å². The van der Waals surface area contributed by atoms with E-state index in [4.69, 9.17) is 12.2 Å². The number of anilines is 1. The number of hydrogen-bond acceptors (Lipinski definition) is 2. The largest absolute Gasteiger partial charge is 0.418 e. The third kappa shape index (κ3) is 3.85. The van der Waals surface area contributed by atoms with Crippen LogP contribution >= 0.6 is 12.2 Å². The summed E-state index contributed by atoms with van der Waals surface area (Å²) in [6, 6.07) is 12.9. The van der Waals surface area contributed by atoms with Crippen molar-refractivity contribution < 1.29 is 13.2 Å². The van der Waals surface area contributed by atoms with Gasteiger partial charge in [-0.15, -0.1) is 0 Å². The number of nitrogens with one attached hydrogen (secondary N) is 3. The van der Waals surface area contributed by atoms with Crippen LogP contribution < -0.4 is 10.7 Å². The van der Waals surface area contributed by atoms with E-state index in [1.54, 1.807) is 6.21 Å². The molecule has 2 aromatic carbocycles. The quantitative estimate of drug-likeness (QED) is 0.349. The fourth-order valence-electron chi connectivity index (χ4n) is 2.61. The number of aryl methyl sites for hydroxylation is 1. The summed E-state index contributed by atoms with van der Waals surface area (Å²) in [5.74, 6) is 0. The molecule has 0 amide bonds. The van der Waals surface area contributed by atoms with Gasteiger partial charge in [-0.05, 0) is 37.3 Å². The number of aromatic nitrogens is 1. The number of benzene rings is 2. The Morgan fingerprint density at radius 1 is 1.12 bits per heavy atom. The zero-order valence-electron chi connectivity index (χ0n) is 13.7. The van der Waals surface area contributed by atoms with Crippen LogP contribution in [0.4, 0.5) is 18.9 Å². The summed E-state index contributed by atoms with van der Waals surface area (Å²) in [6.07, 6.45) is -2.89. The molecule has 0 unspecified atom stereocenters. The summed E-state index contributed by atoms with van der Waals surface area (Å²) in [7, 11) is 0. The molecular formula is C18H15F3N4S. The van der Waals surface area contributed by atoms with Crippen molar-refractivity contribution in [1.29, 1.82) is 0 Å². The highest BCUT2D eigenvalue weighted by Crippen LogP contribution is 2.34. The van der Waals surface area contributed by atoms with E-state index in [9.17, 15) is 13.2 Å². The van der Waals surface area contributed by atoms with Gasteiger partial charge >= 0.3 is 6.18 Å². The predicted molar refractivity (Wildman–Crippen MR) is 101 cm³/mol. The van der Waals surface area contributed by atoms with Gasteiger partial charge in [-0.3, -0.25) is 5.43 Å². The number of para-hydroxylation sites is 2. The van der Waals surface area contributed by atoms with E-state index >= 15 is 0 Å². The summed E-state index contributed by atoms with van der Waals surface area (Å²) in [4.78, 5) is 3.24. The minimum Gasteiger partial charge on any atom is -0.358 e. The minimum atomic E-state index is -4.47. The van der Waals surface area contributed by atoms with Gasteiger partial charge in [0, 0.05) is 22.2 Å². The molecule has 0 fully saturated rings. The van der Waals surface area contributed by atoms with Gasteiger partial charge in [0.1, 0.15) is 0 Å². The summed E-state index contributed by atoms with van der Waals surface area (Å²) in [5, 5.41) is 7.53. The average molecular weight is 376 g/mol. The van der Waals surface area contributed by atoms with Crippen molar-refractivity contribution in [3.63, 3.8) is 0 Å². The molecule has 3 rings (SSSR count). The Balaban J connectivity index is 1.72. The van der Waals surface area contributed by atoms with Crippen LogP contribution in [-0.4, -0.2) is 16.3 Å². The number of hydrazone groups is 1. The second-order valence-corrected chi connectivity index (χ2v) is 5.98. The highest BCUT2D eigenvalue weighted by molar-refractivity contribution is 7.80. The topological polar surface area (TPSA) is 52.2 Å². The molecule has 0 atom stereocenters. The first kappa shape index (κ1) is 17.9. The van der Waals surface area contributed by atoms with E-state index in [0.717, 1.165) is 28.2 Å². The smallest absolute Gasteiger partial charge is 0.358 e. The molecule has 0 aliphatic rings. The average Bonchev–Trinajstić information content (AvgIpc) is 2.90. The maximum atomic E-state index is 13.0. The number of thiocarbonyl (C=S) groups is 1. The van der Waals surface area contributed by atoms with Gasteiger partial charge in [-0.2, -0.15) is 18.3 Å². The first-order valence-electron chi connectivity index (χ1n) is 7.70. The molecule has 1 heterocycles. The molecule has 0 radical (unpaired) electrons. The number of nitrogens with zero attached hydrogens (tertiary/aromatic N) is 1. The molecule has 3 aromatic rings. The predicted octanol–water partition coefficient (Wildman–Crippen LogP) is 4.82. The fraction of sp³-hybridized carbons (Fsp3) is 0.111. The number of alkyl halides is 3. The van der Waals surface area contributed by atoms with Crippen molar-refractivity contribution in [2.24, 2.45) is 5.10 Å². The molecule has 0 aliphatic heterocycles. The Morgan fingerprint density at radius 3 is 2.58 bits per heavy atom. The number of H-pyrrole nitrogens is 1. The molecule has 26 heavy (non-hydrogen) atoms. The minimum absolute atomic E-state index is 0.0320. The zero-order valence-corrected chi connectivity index (χ0v) is 14.5. The highest BCUT2D eigenvalue weighted by Gasteiger charge is 2.33. The summed E-state index contributed by atoms with van der Waals surface area (Å²) in [6.45, 7) is 1.91. The lowest BCUT2D eigenvalue weighted by Gasteiger charge is -2.14. The second-order valence-electron chi connectivity index (χ2n) is 5.58.